The third-order valence-corrected chi connectivity index (χ3v) is 2.20. The zero-order chi connectivity index (χ0) is 10.8. The second-order valence-electron chi connectivity index (χ2n) is 3.37. The van der Waals surface area contributed by atoms with Crippen LogP contribution >= 0.6 is 0 Å². The van der Waals surface area contributed by atoms with Gasteiger partial charge in [0.1, 0.15) is 5.75 Å². The van der Waals surface area contributed by atoms with Crippen LogP contribution in [-0.4, -0.2) is 28.0 Å². The van der Waals surface area contributed by atoms with Gasteiger partial charge in [-0.1, -0.05) is 0 Å². The number of anilines is 1. The first-order valence-corrected chi connectivity index (χ1v) is 4.64. The lowest BCUT2D eigenvalue weighted by atomic mass is 10.2. The number of aliphatic hydroxyl groups is 1. The van der Waals surface area contributed by atoms with Crippen LogP contribution in [0.3, 0.4) is 0 Å². The van der Waals surface area contributed by atoms with Gasteiger partial charge in [0.25, 0.3) is 0 Å². The van der Waals surface area contributed by atoms with Crippen molar-refractivity contribution >= 4 is 16.6 Å². The second kappa shape index (κ2) is 3.80. The Morgan fingerprint density at radius 3 is 3.00 bits per heavy atom. The molecule has 0 spiro atoms. The summed E-state index contributed by atoms with van der Waals surface area (Å²) in [5.74, 6) is 0.211. The number of phenols is 1. The largest absolute Gasteiger partial charge is 0.508 e. The molecule has 2 aromatic rings. The molecule has 0 saturated heterocycles. The minimum Gasteiger partial charge on any atom is -0.508 e. The Labute approximate surface area is 86.5 Å². The fraction of sp³-hybridized carbons (Fsp3) is 0.200. The number of aromatic hydroxyl groups is 1. The molecule has 0 amide bonds. The van der Waals surface area contributed by atoms with Gasteiger partial charge < -0.3 is 26.2 Å². The first kappa shape index (κ1) is 9.82. The molecule has 0 radical (unpaired) electrons. The van der Waals surface area contributed by atoms with Gasteiger partial charge in [-0.05, 0) is 12.1 Å². The topological polar surface area (TPSA) is 94.3 Å². The summed E-state index contributed by atoms with van der Waals surface area (Å²) < 4.78 is 0. The highest BCUT2D eigenvalue weighted by molar-refractivity contribution is 5.93. The summed E-state index contributed by atoms with van der Waals surface area (Å²) in [4.78, 5) is 3.00. The Morgan fingerprint density at radius 2 is 2.27 bits per heavy atom. The van der Waals surface area contributed by atoms with Gasteiger partial charge >= 0.3 is 0 Å². The fourth-order valence-electron chi connectivity index (χ4n) is 1.48. The van der Waals surface area contributed by atoms with Crippen LogP contribution in [0.5, 0.6) is 5.75 Å². The van der Waals surface area contributed by atoms with E-state index in [1.807, 2.05) is 0 Å². The van der Waals surface area contributed by atoms with Gasteiger partial charge in [-0.15, -0.1) is 0 Å². The van der Waals surface area contributed by atoms with E-state index >= 15 is 0 Å². The number of H-pyrrole nitrogens is 1. The lowest BCUT2D eigenvalue weighted by molar-refractivity contribution is 0.277. The van der Waals surface area contributed by atoms with Gasteiger partial charge in [0.05, 0.1) is 24.0 Å². The number of fused-ring (bicyclic) bond motifs is 1. The maximum Gasteiger partial charge on any atom is 0.117 e. The number of nitrogens with two attached hydrogens (primary N) is 1. The average molecular weight is 207 g/mol. The van der Waals surface area contributed by atoms with E-state index < -0.39 is 6.17 Å². The van der Waals surface area contributed by atoms with Crippen LogP contribution in [0, 0.1) is 0 Å². The normalized spacial score (nSPS) is 12.9. The van der Waals surface area contributed by atoms with Crippen LogP contribution in [0.25, 0.3) is 10.9 Å². The zero-order valence-electron chi connectivity index (χ0n) is 8.07. The highest BCUT2D eigenvalue weighted by Gasteiger charge is 2.06. The Balaban J connectivity index is 2.36. The molecule has 5 heteroatoms. The number of nitrogens with one attached hydrogen (secondary N) is 2. The molecule has 1 unspecified atom stereocenters. The van der Waals surface area contributed by atoms with E-state index in [1.54, 1.807) is 24.4 Å². The molecule has 1 aromatic carbocycles. The number of aromatic nitrogens is 1. The summed E-state index contributed by atoms with van der Waals surface area (Å²) in [5, 5.41) is 22.0. The summed E-state index contributed by atoms with van der Waals surface area (Å²) in [6.45, 7) is -0.134. The van der Waals surface area contributed by atoms with Crippen LogP contribution in [0.1, 0.15) is 0 Å². The summed E-state index contributed by atoms with van der Waals surface area (Å²) in [7, 11) is 0. The molecule has 1 aromatic heterocycles. The number of hydrogen-bond acceptors (Lipinski definition) is 4. The molecule has 1 atom stereocenters. The van der Waals surface area contributed by atoms with E-state index in [9.17, 15) is 5.11 Å². The fourth-order valence-corrected chi connectivity index (χ4v) is 1.48. The molecule has 0 saturated carbocycles. The van der Waals surface area contributed by atoms with E-state index in [4.69, 9.17) is 10.8 Å². The maximum absolute atomic E-state index is 9.26. The molecule has 80 valence electrons. The first-order chi connectivity index (χ1) is 7.20. The highest BCUT2D eigenvalue weighted by Crippen LogP contribution is 2.26. The lowest BCUT2D eigenvalue weighted by Crippen LogP contribution is -2.32. The Morgan fingerprint density at radius 1 is 1.47 bits per heavy atom. The summed E-state index contributed by atoms with van der Waals surface area (Å²) in [5.41, 5.74) is 7.19. The monoisotopic (exact) mass is 207 g/mol. The Hall–Kier alpha value is -1.72. The zero-order valence-corrected chi connectivity index (χ0v) is 8.07. The van der Waals surface area contributed by atoms with Crippen molar-refractivity contribution in [2.45, 2.75) is 6.17 Å². The SMILES string of the molecule is NC(CO)Nc1c[nH]c2cc(O)ccc12. The van der Waals surface area contributed by atoms with Crippen molar-refractivity contribution in [3.63, 3.8) is 0 Å². The Kier molecular flexibility index (Phi) is 2.49. The first-order valence-electron chi connectivity index (χ1n) is 4.64. The lowest BCUT2D eigenvalue weighted by Gasteiger charge is -2.10. The molecule has 5 nitrogen and oxygen atoms in total. The Bertz CT molecular complexity index is 467. The smallest absolute Gasteiger partial charge is 0.117 e. The molecule has 15 heavy (non-hydrogen) atoms. The summed E-state index contributed by atoms with van der Waals surface area (Å²) in [6, 6.07) is 5.02. The van der Waals surface area contributed by atoms with Gasteiger partial charge in [-0.2, -0.15) is 0 Å². The van der Waals surface area contributed by atoms with E-state index in [2.05, 4.69) is 10.3 Å². The molecule has 0 aliphatic rings. The van der Waals surface area contributed by atoms with Crippen LogP contribution in [0.4, 0.5) is 5.69 Å². The van der Waals surface area contributed by atoms with Crippen molar-refractivity contribution in [3.05, 3.63) is 24.4 Å². The van der Waals surface area contributed by atoms with Crippen molar-refractivity contribution in [2.75, 3.05) is 11.9 Å². The average Bonchev–Trinajstić information content (AvgIpc) is 2.60. The van der Waals surface area contributed by atoms with Crippen LogP contribution in [0.2, 0.25) is 0 Å². The van der Waals surface area contributed by atoms with Gasteiger partial charge in [0.2, 0.25) is 0 Å². The highest BCUT2D eigenvalue weighted by atomic mass is 16.3. The van der Waals surface area contributed by atoms with Crippen molar-refractivity contribution in [1.82, 2.24) is 4.98 Å². The number of hydrogen-bond donors (Lipinski definition) is 5. The maximum atomic E-state index is 9.26. The van der Waals surface area contributed by atoms with E-state index in [0.717, 1.165) is 16.6 Å². The third kappa shape index (κ3) is 1.88. The number of benzene rings is 1. The number of phenolic OH excluding ortho intramolecular Hbond substituents is 1. The number of aliphatic hydroxyl groups excluding tert-OH is 1. The second-order valence-corrected chi connectivity index (χ2v) is 3.37. The van der Waals surface area contributed by atoms with Gasteiger partial charge in [-0.3, -0.25) is 0 Å². The standard InChI is InChI=1S/C10H13N3O2/c11-10(5-14)13-9-4-12-8-3-6(15)1-2-7(8)9/h1-4,10,12-15H,5,11H2. The van der Waals surface area contributed by atoms with E-state index in [-0.39, 0.29) is 12.4 Å². The third-order valence-electron chi connectivity index (χ3n) is 2.20. The van der Waals surface area contributed by atoms with Crippen molar-refractivity contribution in [2.24, 2.45) is 5.73 Å². The summed E-state index contributed by atoms with van der Waals surface area (Å²) in [6.07, 6.45) is 1.26. The molecule has 2 rings (SSSR count). The van der Waals surface area contributed by atoms with E-state index in [1.165, 1.54) is 0 Å². The predicted molar refractivity (Wildman–Crippen MR) is 58.6 cm³/mol. The van der Waals surface area contributed by atoms with Crippen LogP contribution in [0.15, 0.2) is 24.4 Å². The molecular weight excluding hydrogens is 194 g/mol. The predicted octanol–water partition coefficient (Wildman–Crippen LogP) is 0.562. The number of aromatic amines is 1. The molecular formula is C10H13N3O2. The van der Waals surface area contributed by atoms with Gasteiger partial charge in [-0.25, -0.2) is 0 Å². The number of rotatable bonds is 3. The molecule has 0 aliphatic heterocycles. The minimum atomic E-state index is -0.488. The van der Waals surface area contributed by atoms with Gasteiger partial charge in [0.15, 0.2) is 0 Å². The van der Waals surface area contributed by atoms with Crippen molar-refractivity contribution in [1.29, 1.82) is 0 Å². The van der Waals surface area contributed by atoms with Crippen molar-refractivity contribution < 1.29 is 10.2 Å². The molecule has 6 N–H and O–H groups in total. The molecule has 0 fully saturated rings. The minimum absolute atomic E-state index is 0.134. The van der Waals surface area contributed by atoms with E-state index in [0.29, 0.717) is 0 Å². The van der Waals surface area contributed by atoms with Gasteiger partial charge in [0, 0.05) is 17.6 Å². The quantitative estimate of drug-likeness (QED) is 0.475. The molecule has 0 aliphatic carbocycles. The van der Waals surface area contributed by atoms with Crippen LogP contribution in [-0.2, 0) is 0 Å². The summed E-state index contributed by atoms with van der Waals surface area (Å²) >= 11 is 0. The molecule has 0 bridgehead atoms. The molecule has 1 heterocycles. The van der Waals surface area contributed by atoms with Crippen molar-refractivity contribution in [3.8, 4) is 5.75 Å². The van der Waals surface area contributed by atoms with Crippen LogP contribution < -0.4 is 11.1 Å².